The van der Waals surface area contributed by atoms with Crippen LogP contribution in [0, 0.1) is 6.92 Å². The molecule has 1 aromatic heterocycles. The van der Waals surface area contributed by atoms with Crippen LogP contribution in [0.4, 0.5) is 0 Å². The number of imidazole rings is 1. The predicted octanol–water partition coefficient (Wildman–Crippen LogP) is 2.73. The molecule has 5 nitrogen and oxygen atoms in total. The lowest BCUT2D eigenvalue weighted by molar-refractivity contribution is 0.0695. The summed E-state index contributed by atoms with van der Waals surface area (Å²) in [6, 6.07) is 4.91. The molecule has 0 fully saturated rings. The van der Waals surface area contributed by atoms with Crippen LogP contribution in [0.25, 0.3) is 0 Å². The molecule has 0 saturated heterocycles. The fourth-order valence-corrected chi connectivity index (χ4v) is 2.08. The smallest absolute Gasteiger partial charge is 0.336 e. The number of ether oxygens (including phenoxy) is 1. The van der Waals surface area contributed by atoms with Crippen LogP contribution >= 0.6 is 15.9 Å². The highest BCUT2D eigenvalue weighted by Gasteiger charge is 2.09. The number of carbonyl (C=O) groups is 1. The molecular weight excluding hydrogens is 312 g/mol. The third kappa shape index (κ3) is 3.35. The number of aromatic carboxylic acids is 1. The quantitative estimate of drug-likeness (QED) is 0.918. The molecular formula is C13H13BrN2O3. The highest BCUT2D eigenvalue weighted by Crippen LogP contribution is 2.22. The van der Waals surface area contributed by atoms with Crippen molar-refractivity contribution >= 4 is 21.9 Å². The van der Waals surface area contributed by atoms with Gasteiger partial charge in [-0.3, -0.25) is 0 Å². The molecule has 2 rings (SSSR count). The van der Waals surface area contributed by atoms with Crippen molar-refractivity contribution < 1.29 is 14.6 Å². The van der Waals surface area contributed by atoms with Crippen molar-refractivity contribution in [1.29, 1.82) is 0 Å². The normalized spacial score (nSPS) is 10.4. The van der Waals surface area contributed by atoms with Crippen molar-refractivity contribution in [2.75, 3.05) is 6.61 Å². The number of benzene rings is 1. The number of aryl methyl sites for hydroxylation is 1. The number of carboxylic acids is 1. The summed E-state index contributed by atoms with van der Waals surface area (Å²) < 4.78 is 8.06. The first-order chi connectivity index (χ1) is 9.08. The van der Waals surface area contributed by atoms with E-state index in [1.54, 1.807) is 18.3 Å². The maximum Gasteiger partial charge on any atom is 0.336 e. The first kappa shape index (κ1) is 13.6. The van der Waals surface area contributed by atoms with Crippen LogP contribution in [0.1, 0.15) is 16.2 Å². The minimum Gasteiger partial charge on any atom is -0.492 e. The Morgan fingerprint density at radius 1 is 1.53 bits per heavy atom. The lowest BCUT2D eigenvalue weighted by Gasteiger charge is -2.09. The molecule has 1 heterocycles. The fraction of sp³-hybridized carbons (Fsp3) is 0.231. The maximum absolute atomic E-state index is 11.0. The highest BCUT2D eigenvalue weighted by atomic mass is 79.9. The van der Waals surface area contributed by atoms with Crippen LogP contribution < -0.4 is 4.74 Å². The molecule has 100 valence electrons. The summed E-state index contributed by atoms with van der Waals surface area (Å²) in [6.45, 7) is 3.05. The molecule has 19 heavy (non-hydrogen) atoms. The predicted molar refractivity (Wildman–Crippen MR) is 73.6 cm³/mol. The van der Waals surface area contributed by atoms with Gasteiger partial charge in [0.1, 0.15) is 18.2 Å². The molecule has 0 radical (unpaired) electrons. The van der Waals surface area contributed by atoms with Gasteiger partial charge in [0.25, 0.3) is 0 Å². The average Bonchev–Trinajstić information content (AvgIpc) is 2.77. The van der Waals surface area contributed by atoms with E-state index < -0.39 is 5.97 Å². The van der Waals surface area contributed by atoms with Gasteiger partial charge in [-0.1, -0.05) is 0 Å². The zero-order valence-electron chi connectivity index (χ0n) is 10.3. The highest BCUT2D eigenvalue weighted by molar-refractivity contribution is 9.10. The molecule has 0 unspecified atom stereocenters. The number of aromatic nitrogens is 2. The summed E-state index contributed by atoms with van der Waals surface area (Å²) >= 11 is 3.19. The van der Waals surface area contributed by atoms with Crippen molar-refractivity contribution in [3.05, 3.63) is 46.5 Å². The molecule has 0 saturated carbocycles. The lowest BCUT2D eigenvalue weighted by Crippen LogP contribution is -2.09. The third-order valence-corrected chi connectivity index (χ3v) is 3.38. The zero-order valence-corrected chi connectivity index (χ0v) is 11.9. The largest absolute Gasteiger partial charge is 0.492 e. The van der Waals surface area contributed by atoms with Gasteiger partial charge in [0.2, 0.25) is 0 Å². The topological polar surface area (TPSA) is 64.4 Å². The Balaban J connectivity index is 1.98. The maximum atomic E-state index is 11.0. The monoisotopic (exact) mass is 324 g/mol. The second-order valence-corrected chi connectivity index (χ2v) is 4.82. The number of hydrogen-bond acceptors (Lipinski definition) is 3. The van der Waals surface area contributed by atoms with Crippen molar-refractivity contribution in [3.63, 3.8) is 0 Å². The van der Waals surface area contributed by atoms with Crippen LogP contribution in [0.3, 0.4) is 0 Å². The molecule has 1 N–H and O–H groups in total. The number of carboxylic acid groups (broad SMARTS) is 1. The van der Waals surface area contributed by atoms with E-state index in [9.17, 15) is 4.79 Å². The van der Waals surface area contributed by atoms with Crippen LogP contribution in [0.2, 0.25) is 0 Å². The van der Waals surface area contributed by atoms with Gasteiger partial charge >= 0.3 is 5.97 Å². The van der Waals surface area contributed by atoms with E-state index in [4.69, 9.17) is 9.84 Å². The summed E-state index contributed by atoms with van der Waals surface area (Å²) in [5.41, 5.74) is 0.191. The number of nitrogens with zero attached hydrogens (tertiary/aromatic N) is 2. The van der Waals surface area contributed by atoms with Crippen molar-refractivity contribution in [3.8, 4) is 5.75 Å². The molecule has 0 spiro atoms. The summed E-state index contributed by atoms with van der Waals surface area (Å²) in [4.78, 5) is 15.1. The Kier molecular flexibility index (Phi) is 4.21. The van der Waals surface area contributed by atoms with E-state index in [2.05, 4.69) is 20.9 Å². The van der Waals surface area contributed by atoms with E-state index in [0.29, 0.717) is 23.4 Å². The molecule has 0 aliphatic carbocycles. The fourth-order valence-electron chi connectivity index (χ4n) is 1.66. The van der Waals surface area contributed by atoms with Gasteiger partial charge in [0, 0.05) is 16.9 Å². The number of halogens is 1. The van der Waals surface area contributed by atoms with E-state index in [-0.39, 0.29) is 5.56 Å². The first-order valence-electron chi connectivity index (χ1n) is 5.71. The van der Waals surface area contributed by atoms with Crippen LogP contribution in [0.15, 0.2) is 35.1 Å². The minimum absolute atomic E-state index is 0.191. The summed E-state index contributed by atoms with van der Waals surface area (Å²) in [5, 5.41) is 9.00. The number of hydrogen-bond donors (Lipinski definition) is 1. The van der Waals surface area contributed by atoms with Gasteiger partial charge < -0.3 is 14.4 Å². The molecule has 2 aromatic rings. The van der Waals surface area contributed by atoms with Gasteiger partial charge in [-0.25, -0.2) is 9.78 Å². The average molecular weight is 325 g/mol. The number of rotatable bonds is 5. The van der Waals surface area contributed by atoms with Crippen molar-refractivity contribution in [2.45, 2.75) is 13.5 Å². The third-order valence-electron chi connectivity index (χ3n) is 2.69. The Morgan fingerprint density at radius 2 is 2.32 bits per heavy atom. The Morgan fingerprint density at radius 3 is 2.95 bits per heavy atom. The molecule has 6 heteroatoms. The lowest BCUT2D eigenvalue weighted by atomic mass is 10.2. The molecule has 0 aliphatic rings. The van der Waals surface area contributed by atoms with Crippen molar-refractivity contribution in [2.24, 2.45) is 0 Å². The van der Waals surface area contributed by atoms with E-state index in [1.807, 2.05) is 17.7 Å². The second kappa shape index (κ2) is 5.88. The summed E-state index contributed by atoms with van der Waals surface area (Å²) in [6.07, 6.45) is 3.61. The van der Waals surface area contributed by atoms with Gasteiger partial charge in [0.05, 0.1) is 12.1 Å². The molecule has 0 amide bonds. The van der Waals surface area contributed by atoms with Crippen LogP contribution in [-0.2, 0) is 6.54 Å². The van der Waals surface area contributed by atoms with Crippen LogP contribution in [-0.4, -0.2) is 27.2 Å². The first-order valence-corrected chi connectivity index (χ1v) is 6.50. The van der Waals surface area contributed by atoms with Gasteiger partial charge in [-0.15, -0.1) is 0 Å². The summed E-state index contributed by atoms with van der Waals surface area (Å²) in [5.74, 6) is 0.478. The van der Waals surface area contributed by atoms with Crippen LogP contribution in [0.5, 0.6) is 5.75 Å². The molecule has 0 atom stereocenters. The molecule has 0 bridgehead atoms. The van der Waals surface area contributed by atoms with E-state index in [0.717, 1.165) is 5.82 Å². The molecule has 0 aliphatic heterocycles. The SMILES string of the molecule is Cc1nccn1CCOc1ccc(Br)c(C(=O)O)c1. The molecule has 1 aromatic carbocycles. The summed E-state index contributed by atoms with van der Waals surface area (Å²) in [7, 11) is 0. The Labute approximate surface area is 119 Å². The van der Waals surface area contributed by atoms with E-state index in [1.165, 1.54) is 6.07 Å². The van der Waals surface area contributed by atoms with E-state index >= 15 is 0 Å². The zero-order chi connectivity index (χ0) is 13.8. The Hall–Kier alpha value is -1.82. The standard InChI is InChI=1S/C13H13BrN2O3/c1-9-15-4-5-16(9)6-7-19-10-2-3-12(14)11(8-10)13(17)18/h2-5,8H,6-7H2,1H3,(H,17,18). The van der Waals surface area contributed by atoms with Gasteiger partial charge in [-0.05, 0) is 41.1 Å². The van der Waals surface area contributed by atoms with Crippen molar-refractivity contribution in [1.82, 2.24) is 9.55 Å². The minimum atomic E-state index is -0.984. The van der Waals surface area contributed by atoms with Gasteiger partial charge in [0.15, 0.2) is 0 Å². The Bertz CT molecular complexity index is 595. The second-order valence-electron chi connectivity index (χ2n) is 3.96. The van der Waals surface area contributed by atoms with Gasteiger partial charge in [-0.2, -0.15) is 0 Å².